The monoisotopic (exact) mass is 262 g/mol. The minimum atomic E-state index is 0.599. The van der Waals surface area contributed by atoms with E-state index in [1.807, 2.05) is 48.5 Å². The van der Waals surface area contributed by atoms with Gasteiger partial charge in [-0.15, -0.1) is 0 Å². The fraction of sp³-hybridized carbons (Fsp3) is 0. The van der Waals surface area contributed by atoms with E-state index in [9.17, 15) is 0 Å². The molecular weight excluding hydrogens is 248 g/mol. The zero-order valence-electron chi connectivity index (χ0n) is 10.8. The lowest BCUT2D eigenvalue weighted by Gasteiger charge is -2.13. The third kappa shape index (κ3) is 2.07. The van der Waals surface area contributed by atoms with Crippen LogP contribution in [0, 0.1) is 0 Å². The minimum absolute atomic E-state index is 0.599. The fourth-order valence-electron chi connectivity index (χ4n) is 2.18. The highest BCUT2D eigenvalue weighted by Gasteiger charge is 2.13. The molecule has 0 bridgehead atoms. The van der Waals surface area contributed by atoms with Gasteiger partial charge in [-0.05, 0) is 36.4 Å². The number of nitrogens with two attached hydrogens (primary N) is 2. The normalized spacial score (nSPS) is 10.4. The van der Waals surface area contributed by atoms with E-state index in [2.05, 4.69) is 9.97 Å². The number of hydrogen-bond acceptors (Lipinski definition) is 4. The Bertz CT molecular complexity index is 724. The van der Waals surface area contributed by atoms with Crippen molar-refractivity contribution in [3.05, 3.63) is 60.9 Å². The molecule has 0 saturated heterocycles. The van der Waals surface area contributed by atoms with Crippen molar-refractivity contribution >= 4 is 11.4 Å². The van der Waals surface area contributed by atoms with Crippen LogP contribution in [0.15, 0.2) is 60.9 Å². The van der Waals surface area contributed by atoms with Crippen molar-refractivity contribution in [3.8, 4) is 22.5 Å². The highest BCUT2D eigenvalue weighted by molar-refractivity contribution is 5.93. The van der Waals surface area contributed by atoms with Crippen LogP contribution in [0.4, 0.5) is 11.4 Å². The third-order valence-corrected chi connectivity index (χ3v) is 3.14. The number of hydrogen-bond donors (Lipinski definition) is 2. The number of rotatable bonds is 2. The summed E-state index contributed by atoms with van der Waals surface area (Å²) < 4.78 is 0. The molecule has 0 unspecified atom stereocenters. The molecule has 0 aliphatic rings. The fourth-order valence-corrected chi connectivity index (χ4v) is 2.18. The smallest absolute Gasteiger partial charge is 0.0743 e. The maximum atomic E-state index is 6.29. The second-order valence-electron chi connectivity index (χ2n) is 4.42. The number of nitrogens with zero attached hydrogens (tertiary/aromatic N) is 2. The van der Waals surface area contributed by atoms with E-state index in [1.54, 1.807) is 12.4 Å². The lowest BCUT2D eigenvalue weighted by atomic mass is 10.00. The maximum absolute atomic E-state index is 6.29. The van der Waals surface area contributed by atoms with Gasteiger partial charge in [-0.1, -0.05) is 12.1 Å². The molecule has 0 saturated carbocycles. The van der Waals surface area contributed by atoms with E-state index in [-0.39, 0.29) is 0 Å². The van der Waals surface area contributed by atoms with Gasteiger partial charge in [-0.25, -0.2) is 0 Å². The molecule has 4 nitrogen and oxygen atoms in total. The van der Waals surface area contributed by atoms with Crippen LogP contribution in [0.5, 0.6) is 0 Å². The van der Waals surface area contributed by atoms with Gasteiger partial charge in [-0.3, -0.25) is 9.97 Å². The molecule has 2 heterocycles. The van der Waals surface area contributed by atoms with Crippen LogP contribution in [-0.4, -0.2) is 9.97 Å². The zero-order valence-corrected chi connectivity index (χ0v) is 10.8. The Morgan fingerprint density at radius 2 is 1.35 bits per heavy atom. The summed E-state index contributed by atoms with van der Waals surface area (Å²) in [6, 6.07) is 15.1. The molecule has 98 valence electrons. The first-order chi connectivity index (χ1) is 9.77. The molecule has 0 aliphatic heterocycles. The number of anilines is 2. The highest BCUT2D eigenvalue weighted by Crippen LogP contribution is 2.37. The first kappa shape index (κ1) is 12.2. The number of nitrogen functional groups attached to an aromatic ring is 2. The van der Waals surface area contributed by atoms with Crippen molar-refractivity contribution in [2.75, 3.05) is 11.5 Å². The zero-order chi connectivity index (χ0) is 13.9. The van der Waals surface area contributed by atoms with Crippen molar-refractivity contribution in [3.63, 3.8) is 0 Å². The summed E-state index contributed by atoms with van der Waals surface area (Å²) in [6.45, 7) is 0. The maximum Gasteiger partial charge on any atom is 0.0743 e. The Morgan fingerprint density at radius 3 is 1.95 bits per heavy atom. The SMILES string of the molecule is Nc1ccc(-c2ccccn2)c(N)c1-c1ccccn1. The van der Waals surface area contributed by atoms with Crippen LogP contribution in [-0.2, 0) is 0 Å². The van der Waals surface area contributed by atoms with Crippen LogP contribution >= 0.6 is 0 Å². The quantitative estimate of drug-likeness (QED) is 0.696. The van der Waals surface area contributed by atoms with E-state index in [4.69, 9.17) is 11.5 Å². The van der Waals surface area contributed by atoms with E-state index in [0.29, 0.717) is 11.4 Å². The molecule has 4 N–H and O–H groups in total. The average Bonchev–Trinajstić information content (AvgIpc) is 2.49. The van der Waals surface area contributed by atoms with Gasteiger partial charge in [0.05, 0.1) is 17.1 Å². The molecule has 0 spiro atoms. The average molecular weight is 262 g/mol. The van der Waals surface area contributed by atoms with Crippen molar-refractivity contribution in [2.24, 2.45) is 0 Å². The van der Waals surface area contributed by atoms with Crippen LogP contribution < -0.4 is 11.5 Å². The van der Waals surface area contributed by atoms with Crippen molar-refractivity contribution in [1.82, 2.24) is 9.97 Å². The Hall–Kier alpha value is -2.88. The van der Waals surface area contributed by atoms with Gasteiger partial charge in [-0.2, -0.15) is 0 Å². The van der Waals surface area contributed by atoms with Gasteiger partial charge in [0.15, 0.2) is 0 Å². The van der Waals surface area contributed by atoms with Gasteiger partial charge < -0.3 is 11.5 Å². The Labute approximate surface area is 117 Å². The molecular formula is C16H14N4. The Balaban J connectivity index is 2.22. The Kier molecular flexibility index (Phi) is 3.05. The number of aromatic nitrogens is 2. The minimum Gasteiger partial charge on any atom is -0.398 e. The summed E-state index contributed by atoms with van der Waals surface area (Å²) in [5, 5.41) is 0. The summed E-state index contributed by atoms with van der Waals surface area (Å²) in [5.41, 5.74) is 16.8. The third-order valence-electron chi connectivity index (χ3n) is 3.14. The predicted octanol–water partition coefficient (Wildman–Crippen LogP) is 2.98. The van der Waals surface area contributed by atoms with Crippen LogP contribution in [0.1, 0.15) is 0 Å². The van der Waals surface area contributed by atoms with E-state index in [0.717, 1.165) is 22.5 Å². The van der Waals surface area contributed by atoms with E-state index in [1.165, 1.54) is 0 Å². The second kappa shape index (κ2) is 5.01. The first-order valence-electron chi connectivity index (χ1n) is 6.28. The summed E-state index contributed by atoms with van der Waals surface area (Å²) in [5.74, 6) is 0. The van der Waals surface area contributed by atoms with Crippen molar-refractivity contribution in [2.45, 2.75) is 0 Å². The predicted molar refractivity (Wildman–Crippen MR) is 81.7 cm³/mol. The molecule has 20 heavy (non-hydrogen) atoms. The molecule has 0 aliphatic carbocycles. The van der Waals surface area contributed by atoms with Crippen LogP contribution in [0.3, 0.4) is 0 Å². The van der Waals surface area contributed by atoms with Crippen LogP contribution in [0.2, 0.25) is 0 Å². The first-order valence-corrected chi connectivity index (χ1v) is 6.28. The van der Waals surface area contributed by atoms with Gasteiger partial charge >= 0.3 is 0 Å². The molecule has 3 rings (SSSR count). The molecule has 0 fully saturated rings. The largest absolute Gasteiger partial charge is 0.398 e. The molecule has 1 aromatic carbocycles. The van der Waals surface area contributed by atoms with E-state index >= 15 is 0 Å². The number of pyridine rings is 2. The molecule has 0 radical (unpaired) electrons. The second-order valence-corrected chi connectivity index (χ2v) is 4.42. The molecule has 0 amide bonds. The molecule has 0 atom stereocenters. The highest BCUT2D eigenvalue weighted by atomic mass is 14.7. The lowest BCUT2D eigenvalue weighted by Crippen LogP contribution is -2.00. The molecule has 2 aromatic heterocycles. The van der Waals surface area contributed by atoms with Gasteiger partial charge in [0.1, 0.15) is 0 Å². The van der Waals surface area contributed by atoms with Gasteiger partial charge in [0.25, 0.3) is 0 Å². The summed E-state index contributed by atoms with van der Waals surface area (Å²) >= 11 is 0. The standard InChI is InChI=1S/C16H14N4/c17-12-8-7-11(13-5-1-3-9-19-13)16(18)15(12)14-6-2-4-10-20-14/h1-10H,17-18H2. The van der Waals surface area contributed by atoms with Crippen molar-refractivity contribution in [1.29, 1.82) is 0 Å². The lowest BCUT2D eigenvalue weighted by molar-refractivity contribution is 1.31. The van der Waals surface area contributed by atoms with E-state index < -0.39 is 0 Å². The van der Waals surface area contributed by atoms with Gasteiger partial charge in [0.2, 0.25) is 0 Å². The number of benzene rings is 1. The molecule has 4 heteroatoms. The van der Waals surface area contributed by atoms with Crippen LogP contribution in [0.25, 0.3) is 22.5 Å². The summed E-state index contributed by atoms with van der Waals surface area (Å²) in [4.78, 5) is 8.66. The summed E-state index contributed by atoms with van der Waals surface area (Å²) in [7, 11) is 0. The molecule has 3 aromatic rings. The topological polar surface area (TPSA) is 77.8 Å². The Morgan fingerprint density at radius 1 is 0.700 bits per heavy atom. The summed E-state index contributed by atoms with van der Waals surface area (Å²) in [6.07, 6.45) is 3.47. The van der Waals surface area contributed by atoms with Crippen molar-refractivity contribution < 1.29 is 0 Å². The van der Waals surface area contributed by atoms with Gasteiger partial charge in [0, 0.05) is 29.2 Å².